The Labute approximate surface area is 161 Å². The minimum absolute atomic E-state index is 0.00304. The molecule has 0 spiro atoms. The SMILES string of the molecule is Cc1ccc([C@H](CC(=O)NCc2ccc(N(C)C)cc2)n2cccc2)cc1. The van der Waals surface area contributed by atoms with Gasteiger partial charge in [0.05, 0.1) is 12.5 Å². The van der Waals surface area contributed by atoms with E-state index in [0.717, 1.165) is 16.8 Å². The summed E-state index contributed by atoms with van der Waals surface area (Å²) in [7, 11) is 4.03. The number of benzene rings is 2. The van der Waals surface area contributed by atoms with Gasteiger partial charge in [0, 0.05) is 38.7 Å². The van der Waals surface area contributed by atoms with Gasteiger partial charge in [-0.3, -0.25) is 4.79 Å². The first kappa shape index (κ1) is 18.8. The lowest BCUT2D eigenvalue weighted by atomic mass is 10.0. The van der Waals surface area contributed by atoms with Crippen molar-refractivity contribution in [3.63, 3.8) is 0 Å². The molecule has 1 amide bonds. The van der Waals surface area contributed by atoms with Crippen molar-refractivity contribution < 1.29 is 4.79 Å². The maximum Gasteiger partial charge on any atom is 0.222 e. The van der Waals surface area contributed by atoms with Crippen molar-refractivity contribution in [1.29, 1.82) is 0 Å². The molecule has 4 nitrogen and oxygen atoms in total. The number of nitrogens with one attached hydrogen (secondary N) is 1. The summed E-state index contributed by atoms with van der Waals surface area (Å²) < 4.78 is 2.09. The molecule has 0 fully saturated rings. The van der Waals surface area contributed by atoms with Gasteiger partial charge in [0.25, 0.3) is 0 Å². The molecule has 0 aliphatic carbocycles. The summed E-state index contributed by atoms with van der Waals surface area (Å²) in [5.74, 6) is 0.0472. The second kappa shape index (κ2) is 8.58. The van der Waals surface area contributed by atoms with Crippen LogP contribution in [0, 0.1) is 6.92 Å². The third-order valence-electron chi connectivity index (χ3n) is 4.77. The van der Waals surface area contributed by atoms with Crippen LogP contribution >= 0.6 is 0 Å². The number of carbonyl (C=O) groups is 1. The number of nitrogens with zero attached hydrogens (tertiary/aromatic N) is 2. The molecule has 140 valence electrons. The Bertz CT molecular complexity index is 850. The molecule has 0 saturated heterocycles. The van der Waals surface area contributed by atoms with Crippen LogP contribution in [-0.4, -0.2) is 24.6 Å². The second-order valence-corrected chi connectivity index (χ2v) is 7.10. The van der Waals surface area contributed by atoms with Crippen molar-refractivity contribution in [1.82, 2.24) is 9.88 Å². The van der Waals surface area contributed by atoms with Gasteiger partial charge < -0.3 is 14.8 Å². The van der Waals surface area contributed by atoms with Gasteiger partial charge in [-0.1, -0.05) is 42.0 Å². The first-order valence-electron chi connectivity index (χ1n) is 9.25. The Morgan fingerprint density at radius 1 is 1.00 bits per heavy atom. The van der Waals surface area contributed by atoms with Crippen molar-refractivity contribution in [3.05, 3.63) is 89.7 Å². The molecule has 1 aromatic heterocycles. The topological polar surface area (TPSA) is 37.3 Å². The number of carbonyl (C=O) groups excluding carboxylic acids is 1. The lowest BCUT2D eigenvalue weighted by molar-refractivity contribution is -0.121. The molecule has 1 N–H and O–H groups in total. The highest BCUT2D eigenvalue weighted by molar-refractivity contribution is 5.77. The molecule has 0 aliphatic heterocycles. The lowest BCUT2D eigenvalue weighted by Gasteiger charge is -2.20. The van der Waals surface area contributed by atoms with Gasteiger partial charge >= 0.3 is 0 Å². The van der Waals surface area contributed by atoms with Gasteiger partial charge in [0.2, 0.25) is 5.91 Å². The molecule has 0 radical (unpaired) electrons. The average Bonchev–Trinajstić information content (AvgIpc) is 3.20. The first-order chi connectivity index (χ1) is 13.0. The zero-order chi connectivity index (χ0) is 19.2. The summed E-state index contributed by atoms with van der Waals surface area (Å²) in [6.07, 6.45) is 4.43. The quantitative estimate of drug-likeness (QED) is 0.686. The molecule has 0 bridgehead atoms. The van der Waals surface area contributed by atoms with Gasteiger partial charge in [-0.15, -0.1) is 0 Å². The summed E-state index contributed by atoms with van der Waals surface area (Å²) in [4.78, 5) is 14.7. The van der Waals surface area contributed by atoms with Gasteiger partial charge in [-0.2, -0.15) is 0 Å². The number of hydrogen-bond acceptors (Lipinski definition) is 2. The zero-order valence-corrected chi connectivity index (χ0v) is 16.2. The summed E-state index contributed by atoms with van der Waals surface area (Å²) in [6.45, 7) is 2.61. The van der Waals surface area contributed by atoms with Crippen LogP contribution in [0.3, 0.4) is 0 Å². The smallest absolute Gasteiger partial charge is 0.222 e. The molecule has 1 atom stereocenters. The molecule has 3 rings (SSSR count). The third kappa shape index (κ3) is 5.00. The molecule has 0 saturated carbocycles. The fourth-order valence-corrected chi connectivity index (χ4v) is 3.10. The molecule has 4 heteroatoms. The van der Waals surface area contributed by atoms with E-state index >= 15 is 0 Å². The minimum atomic E-state index is -0.00304. The van der Waals surface area contributed by atoms with Crippen LogP contribution in [0.4, 0.5) is 5.69 Å². The van der Waals surface area contributed by atoms with E-state index in [4.69, 9.17) is 0 Å². The molecule has 0 unspecified atom stereocenters. The normalized spacial score (nSPS) is 11.8. The van der Waals surface area contributed by atoms with E-state index in [-0.39, 0.29) is 11.9 Å². The first-order valence-corrected chi connectivity index (χ1v) is 9.25. The molecule has 27 heavy (non-hydrogen) atoms. The Morgan fingerprint density at radius 3 is 2.22 bits per heavy atom. The molecular formula is C23H27N3O. The van der Waals surface area contributed by atoms with Crippen LogP contribution in [0.1, 0.15) is 29.2 Å². The van der Waals surface area contributed by atoms with Crippen LogP contribution in [0.5, 0.6) is 0 Å². The summed E-state index contributed by atoms with van der Waals surface area (Å²) in [5.41, 5.74) is 4.61. The Balaban J connectivity index is 1.65. The van der Waals surface area contributed by atoms with E-state index in [0.29, 0.717) is 13.0 Å². The van der Waals surface area contributed by atoms with Crippen molar-refractivity contribution in [2.75, 3.05) is 19.0 Å². The van der Waals surface area contributed by atoms with Crippen LogP contribution < -0.4 is 10.2 Å². The van der Waals surface area contributed by atoms with Gasteiger partial charge in [-0.25, -0.2) is 0 Å². The predicted octanol–water partition coefficient (Wildman–Crippen LogP) is 4.16. The highest BCUT2D eigenvalue weighted by Crippen LogP contribution is 2.23. The maximum absolute atomic E-state index is 12.6. The fourth-order valence-electron chi connectivity index (χ4n) is 3.10. The maximum atomic E-state index is 12.6. The molecule has 3 aromatic rings. The summed E-state index contributed by atoms with van der Waals surface area (Å²) in [6, 6.07) is 20.6. The van der Waals surface area contributed by atoms with Crippen molar-refractivity contribution in [3.8, 4) is 0 Å². The largest absolute Gasteiger partial charge is 0.378 e. The van der Waals surface area contributed by atoms with Gasteiger partial charge in [-0.05, 0) is 42.3 Å². The fraction of sp³-hybridized carbons (Fsp3) is 0.261. The van der Waals surface area contributed by atoms with E-state index in [9.17, 15) is 4.79 Å². The number of aromatic nitrogens is 1. The minimum Gasteiger partial charge on any atom is -0.378 e. The van der Waals surface area contributed by atoms with Crippen LogP contribution in [-0.2, 0) is 11.3 Å². The lowest BCUT2D eigenvalue weighted by Crippen LogP contribution is -2.26. The number of anilines is 1. The number of aryl methyl sites for hydroxylation is 1. The molecule has 1 heterocycles. The molecular weight excluding hydrogens is 334 g/mol. The number of rotatable bonds is 7. The summed E-state index contributed by atoms with van der Waals surface area (Å²) in [5, 5.41) is 3.06. The summed E-state index contributed by atoms with van der Waals surface area (Å²) >= 11 is 0. The Hall–Kier alpha value is -3.01. The second-order valence-electron chi connectivity index (χ2n) is 7.10. The predicted molar refractivity (Wildman–Crippen MR) is 111 cm³/mol. The van der Waals surface area contributed by atoms with E-state index < -0.39 is 0 Å². The zero-order valence-electron chi connectivity index (χ0n) is 16.2. The Kier molecular flexibility index (Phi) is 5.97. The number of amides is 1. The van der Waals surface area contributed by atoms with E-state index in [1.807, 2.05) is 38.6 Å². The van der Waals surface area contributed by atoms with Crippen LogP contribution in [0.25, 0.3) is 0 Å². The van der Waals surface area contributed by atoms with Crippen molar-refractivity contribution in [2.45, 2.75) is 25.9 Å². The van der Waals surface area contributed by atoms with Crippen molar-refractivity contribution in [2.24, 2.45) is 0 Å². The van der Waals surface area contributed by atoms with Gasteiger partial charge in [0.15, 0.2) is 0 Å². The standard InChI is InChI=1S/C23H27N3O/c1-18-6-10-20(11-7-18)22(26-14-4-5-15-26)16-23(27)24-17-19-8-12-21(13-9-19)25(2)3/h4-15,22H,16-17H2,1-3H3,(H,24,27)/t22-/m0/s1. The molecule has 0 aliphatic rings. The average molecular weight is 361 g/mol. The van der Waals surface area contributed by atoms with Gasteiger partial charge in [0.1, 0.15) is 0 Å². The van der Waals surface area contributed by atoms with E-state index in [2.05, 4.69) is 70.2 Å². The molecule has 2 aromatic carbocycles. The monoisotopic (exact) mass is 361 g/mol. The van der Waals surface area contributed by atoms with Crippen LogP contribution in [0.15, 0.2) is 73.1 Å². The van der Waals surface area contributed by atoms with Crippen LogP contribution in [0.2, 0.25) is 0 Å². The van der Waals surface area contributed by atoms with Crippen molar-refractivity contribution >= 4 is 11.6 Å². The highest BCUT2D eigenvalue weighted by Gasteiger charge is 2.17. The number of hydrogen-bond donors (Lipinski definition) is 1. The third-order valence-corrected chi connectivity index (χ3v) is 4.77. The van der Waals surface area contributed by atoms with E-state index in [1.165, 1.54) is 5.56 Å². The highest BCUT2D eigenvalue weighted by atomic mass is 16.1. The van der Waals surface area contributed by atoms with E-state index in [1.54, 1.807) is 0 Å². The Morgan fingerprint density at radius 2 is 1.63 bits per heavy atom.